The molecule has 0 heterocycles. The van der Waals surface area contributed by atoms with Crippen LogP contribution < -0.4 is 0 Å². The second-order valence-corrected chi connectivity index (χ2v) is 1.01. The fourth-order valence-electron chi connectivity index (χ4n) is 0.143. The van der Waals surface area contributed by atoms with E-state index >= 15 is 0 Å². The number of carboxylic acids is 2. The van der Waals surface area contributed by atoms with Crippen LogP contribution in [0.25, 0.3) is 0 Å². The second-order valence-electron chi connectivity index (χ2n) is 1.01. The van der Waals surface area contributed by atoms with Gasteiger partial charge >= 0.3 is 11.9 Å². The molecule has 4 N–H and O–H groups in total. The molecule has 0 fully saturated rings. The maximum Gasteiger partial charge on any atom is 0.328 e. The van der Waals surface area contributed by atoms with Gasteiger partial charge in [-0.25, -0.2) is 9.59 Å². The Kier molecular flexibility index (Phi) is 13.1. The van der Waals surface area contributed by atoms with E-state index in [9.17, 15) is 9.59 Å². The monoisotopic (exact) mass is 197 g/mol. The van der Waals surface area contributed by atoms with Gasteiger partial charge in [-0.3, -0.25) is 0 Å². The normalized spacial score (nSPS) is 7.60. The van der Waals surface area contributed by atoms with Crippen molar-refractivity contribution in [1.29, 1.82) is 0 Å². The van der Waals surface area contributed by atoms with Gasteiger partial charge in [-0.05, 0) is 0 Å². The summed E-state index contributed by atoms with van der Waals surface area (Å²) in [6.45, 7) is 0. The van der Waals surface area contributed by atoms with Crippen molar-refractivity contribution in [1.82, 2.24) is 0 Å². The van der Waals surface area contributed by atoms with Gasteiger partial charge in [-0.2, -0.15) is 0 Å². The summed E-state index contributed by atoms with van der Waals surface area (Å²) in [7, 11) is 0. The average molecular weight is 198 g/mol. The minimum atomic E-state index is -1.26. The molecule has 0 aliphatic rings. The molecule has 0 amide bonds. The summed E-state index contributed by atoms with van der Waals surface area (Å²) in [5.41, 5.74) is 0. The summed E-state index contributed by atoms with van der Waals surface area (Å²) in [4.78, 5) is 19.1. The zero-order valence-electron chi connectivity index (χ0n) is 4.67. The van der Waals surface area contributed by atoms with E-state index in [1.807, 2.05) is 0 Å². The summed E-state index contributed by atoms with van der Waals surface area (Å²) in [5.74, 6) is -2.51. The summed E-state index contributed by atoms with van der Waals surface area (Å²) < 4.78 is 0. The third-order valence-corrected chi connectivity index (χ3v) is 0.368. The van der Waals surface area contributed by atoms with E-state index in [1.54, 1.807) is 0 Å². The van der Waals surface area contributed by atoms with Crippen LogP contribution in [0.4, 0.5) is 0 Å². The van der Waals surface area contributed by atoms with E-state index in [-0.39, 0.29) is 22.5 Å². The molecule has 6 heteroatoms. The number of carbonyl (C=O) groups is 2. The molecule has 0 atom stereocenters. The van der Waals surface area contributed by atoms with Crippen LogP contribution in [0.3, 0.4) is 0 Å². The van der Waals surface area contributed by atoms with Crippen molar-refractivity contribution >= 4 is 11.9 Å². The first-order valence-corrected chi connectivity index (χ1v) is 1.77. The summed E-state index contributed by atoms with van der Waals surface area (Å²) in [6, 6.07) is 0. The molecule has 63 valence electrons. The number of carboxylic acid groups (broad SMARTS) is 2. The number of aliphatic carboxylic acids is 2. The van der Waals surface area contributed by atoms with E-state index in [1.165, 1.54) is 0 Å². The minimum absolute atomic E-state index is 0. The Morgan fingerprint density at radius 1 is 1.00 bits per heavy atom. The predicted octanol–water partition coefficient (Wildman–Crippen LogP) is -1.12. The third kappa shape index (κ3) is 15.7. The zero-order valence-corrected chi connectivity index (χ0v) is 5.61. The molecule has 10 heavy (non-hydrogen) atoms. The predicted molar refractivity (Wildman–Crippen MR) is 28.0 cm³/mol. The van der Waals surface area contributed by atoms with Gasteiger partial charge in [-0.1, -0.05) is 0 Å². The number of hydrogen-bond donors (Lipinski definition) is 2. The summed E-state index contributed by atoms with van der Waals surface area (Å²) in [5, 5.41) is 15.6. The Hall–Kier alpha value is -0.841. The van der Waals surface area contributed by atoms with E-state index < -0.39 is 11.9 Å². The molecule has 0 saturated carbocycles. The topological polar surface area (TPSA) is 106 Å². The standard InChI is InChI=1S/C4H4O4.Cu.H2O/c5-3(6)1-2-4(7)8;;/h1-2H,(H,5,6)(H,7,8);;1H2/b2-1-;;. The van der Waals surface area contributed by atoms with Gasteiger partial charge in [-0.15, -0.1) is 0 Å². The smallest absolute Gasteiger partial charge is 0.328 e. The SMILES string of the molecule is O.O=C(O)/C=C\C(=O)O.[Cu]. The Bertz CT molecular complexity index is 125. The Balaban J connectivity index is -0.000000245. The van der Waals surface area contributed by atoms with Crippen LogP contribution in [0, 0.1) is 0 Å². The van der Waals surface area contributed by atoms with Gasteiger partial charge in [0.15, 0.2) is 0 Å². The van der Waals surface area contributed by atoms with Crippen molar-refractivity contribution in [3.8, 4) is 0 Å². The van der Waals surface area contributed by atoms with Crippen molar-refractivity contribution < 1.29 is 42.3 Å². The molecule has 0 aromatic heterocycles. The van der Waals surface area contributed by atoms with Crippen LogP contribution in [0.2, 0.25) is 0 Å². The Labute approximate surface area is 67.1 Å². The van der Waals surface area contributed by atoms with Crippen LogP contribution in [-0.4, -0.2) is 27.6 Å². The maximum atomic E-state index is 9.55. The Morgan fingerprint density at radius 3 is 1.30 bits per heavy atom. The first kappa shape index (κ1) is 16.1. The largest absolute Gasteiger partial charge is 0.478 e. The molecule has 1 radical (unpaired) electrons. The average Bonchev–Trinajstić information content (AvgIpc) is 1.61. The van der Waals surface area contributed by atoms with Gasteiger partial charge in [0.1, 0.15) is 0 Å². The third-order valence-electron chi connectivity index (χ3n) is 0.368. The van der Waals surface area contributed by atoms with Crippen molar-refractivity contribution in [3.05, 3.63) is 12.2 Å². The van der Waals surface area contributed by atoms with Crippen LogP contribution in [0.1, 0.15) is 0 Å². The van der Waals surface area contributed by atoms with Crippen molar-refractivity contribution in [3.63, 3.8) is 0 Å². The van der Waals surface area contributed by atoms with Crippen molar-refractivity contribution in [2.45, 2.75) is 0 Å². The first-order valence-electron chi connectivity index (χ1n) is 1.77. The van der Waals surface area contributed by atoms with E-state index in [4.69, 9.17) is 10.2 Å². The van der Waals surface area contributed by atoms with Crippen LogP contribution in [0.15, 0.2) is 12.2 Å². The van der Waals surface area contributed by atoms with Gasteiger partial charge in [0.2, 0.25) is 0 Å². The zero-order chi connectivity index (χ0) is 6.57. The maximum absolute atomic E-state index is 9.55. The summed E-state index contributed by atoms with van der Waals surface area (Å²) >= 11 is 0. The fraction of sp³-hybridized carbons (Fsp3) is 0. The molecule has 0 aliphatic heterocycles. The van der Waals surface area contributed by atoms with Gasteiger partial charge in [0.05, 0.1) is 0 Å². The number of hydrogen-bond acceptors (Lipinski definition) is 2. The van der Waals surface area contributed by atoms with Crippen molar-refractivity contribution in [2.75, 3.05) is 0 Å². The molecule has 0 aromatic rings. The molecular formula is C4H6CuO5. The summed E-state index contributed by atoms with van der Waals surface area (Å²) in [6.07, 6.45) is 1.12. The van der Waals surface area contributed by atoms with Crippen LogP contribution >= 0.6 is 0 Å². The van der Waals surface area contributed by atoms with E-state index in [0.717, 1.165) is 0 Å². The van der Waals surface area contributed by atoms with Gasteiger partial charge in [0.25, 0.3) is 0 Å². The quantitative estimate of drug-likeness (QED) is 0.432. The molecule has 0 saturated heterocycles. The minimum Gasteiger partial charge on any atom is -0.478 e. The van der Waals surface area contributed by atoms with Crippen LogP contribution in [-0.2, 0) is 26.7 Å². The second kappa shape index (κ2) is 8.16. The molecule has 0 aliphatic carbocycles. The molecule has 0 bridgehead atoms. The van der Waals surface area contributed by atoms with E-state index in [2.05, 4.69) is 0 Å². The molecule has 5 nitrogen and oxygen atoms in total. The molecule has 0 spiro atoms. The molecular weight excluding hydrogens is 192 g/mol. The fourth-order valence-corrected chi connectivity index (χ4v) is 0.143. The first-order chi connectivity index (χ1) is 3.63. The van der Waals surface area contributed by atoms with Crippen molar-refractivity contribution in [2.24, 2.45) is 0 Å². The molecule has 0 unspecified atom stereocenters. The van der Waals surface area contributed by atoms with Gasteiger partial charge < -0.3 is 15.7 Å². The van der Waals surface area contributed by atoms with E-state index in [0.29, 0.717) is 12.2 Å². The molecule has 0 rings (SSSR count). The number of rotatable bonds is 2. The Morgan fingerprint density at radius 2 is 1.20 bits per heavy atom. The van der Waals surface area contributed by atoms with Gasteiger partial charge in [0, 0.05) is 29.2 Å². The molecule has 0 aromatic carbocycles. The van der Waals surface area contributed by atoms with Crippen LogP contribution in [0.5, 0.6) is 0 Å².